The van der Waals surface area contributed by atoms with Crippen molar-refractivity contribution in [1.82, 2.24) is 15.3 Å². The van der Waals surface area contributed by atoms with Crippen LogP contribution in [0.4, 0.5) is 0 Å². The van der Waals surface area contributed by atoms with Gasteiger partial charge in [-0.05, 0) is 47.0 Å². The lowest BCUT2D eigenvalue weighted by Gasteiger charge is -2.38. The molecule has 0 bridgehead atoms. The predicted octanol–water partition coefficient (Wildman–Crippen LogP) is 5.33. The van der Waals surface area contributed by atoms with Crippen LogP contribution in [-0.4, -0.2) is 55.6 Å². The molecule has 1 fully saturated rings. The molecule has 0 unspecified atom stereocenters. The van der Waals surface area contributed by atoms with Crippen LogP contribution in [0.2, 0.25) is 0 Å². The lowest BCUT2D eigenvalue weighted by Crippen LogP contribution is -2.50. The van der Waals surface area contributed by atoms with Crippen LogP contribution >= 0.6 is 0 Å². The highest BCUT2D eigenvalue weighted by molar-refractivity contribution is 5.33. The highest BCUT2D eigenvalue weighted by atomic mass is 16.5. The van der Waals surface area contributed by atoms with Gasteiger partial charge in [-0.3, -0.25) is 9.97 Å². The van der Waals surface area contributed by atoms with E-state index in [1.807, 2.05) is 73.1 Å². The topological polar surface area (TPSA) is 84.0 Å². The molecule has 220 valence electrons. The van der Waals surface area contributed by atoms with Gasteiger partial charge in [0.1, 0.15) is 11.5 Å². The number of methoxy groups -OCH3 is 1. The van der Waals surface area contributed by atoms with E-state index in [4.69, 9.17) is 23.7 Å². The van der Waals surface area contributed by atoms with Gasteiger partial charge in [-0.1, -0.05) is 42.5 Å². The van der Waals surface area contributed by atoms with E-state index in [0.717, 1.165) is 53.3 Å². The lowest BCUT2D eigenvalue weighted by atomic mass is 9.85. The van der Waals surface area contributed by atoms with Crippen molar-refractivity contribution in [1.29, 1.82) is 0 Å². The Morgan fingerprint density at radius 2 is 1.40 bits per heavy atom. The Kier molecular flexibility index (Phi) is 11.3. The molecule has 4 aromatic rings. The summed E-state index contributed by atoms with van der Waals surface area (Å²) in [6, 6.07) is 24.2. The van der Waals surface area contributed by atoms with E-state index in [1.165, 1.54) is 0 Å². The number of aromatic nitrogens is 2. The summed E-state index contributed by atoms with van der Waals surface area (Å²) in [6.07, 6.45) is 7.90. The van der Waals surface area contributed by atoms with Gasteiger partial charge in [-0.15, -0.1) is 0 Å². The Balaban J connectivity index is 1.16. The molecule has 3 heterocycles. The third-order valence-corrected chi connectivity index (χ3v) is 7.28. The molecule has 3 atom stereocenters. The van der Waals surface area contributed by atoms with Crippen molar-refractivity contribution in [2.24, 2.45) is 0 Å². The number of ether oxygens (including phenoxy) is 5. The van der Waals surface area contributed by atoms with E-state index in [-0.39, 0.29) is 18.1 Å². The van der Waals surface area contributed by atoms with E-state index in [2.05, 4.69) is 27.4 Å². The summed E-state index contributed by atoms with van der Waals surface area (Å²) >= 11 is 0. The van der Waals surface area contributed by atoms with Crippen molar-refractivity contribution in [3.8, 4) is 11.5 Å². The van der Waals surface area contributed by atoms with Crippen LogP contribution in [0, 0.1) is 0 Å². The van der Waals surface area contributed by atoms with Gasteiger partial charge in [0.05, 0.1) is 52.4 Å². The number of nitrogens with zero attached hydrogens (tertiary/aromatic N) is 2. The lowest BCUT2D eigenvalue weighted by molar-refractivity contribution is -0.0651. The molecule has 5 rings (SSSR count). The standard InChI is InChI=1S/C34H39N3O5/c1-38-31-10-3-2-9-29(31)25-39-17-6-18-40-30-13-11-28(12-14-30)34-32(41-23-26-7-4-15-35-19-26)21-37-22-33(34)42-24-27-8-5-16-36-20-27/h2-5,7-16,19-20,32-34,37H,6,17-18,21-25H2,1H3/t32-,33+,34-. The molecule has 1 aliphatic rings. The number of hydrogen-bond donors (Lipinski definition) is 1. The average molecular weight is 570 g/mol. The zero-order chi connectivity index (χ0) is 28.8. The fourth-order valence-corrected chi connectivity index (χ4v) is 5.13. The number of rotatable bonds is 15. The van der Waals surface area contributed by atoms with E-state index in [1.54, 1.807) is 19.5 Å². The summed E-state index contributed by atoms with van der Waals surface area (Å²) in [5, 5.41) is 3.51. The second-order valence-corrected chi connectivity index (χ2v) is 10.2. The van der Waals surface area contributed by atoms with Gasteiger partial charge in [0.15, 0.2) is 0 Å². The zero-order valence-electron chi connectivity index (χ0n) is 24.1. The SMILES string of the molecule is COc1ccccc1COCCCOc1ccc([C@H]2[C@@H](OCc3cccnc3)CNC[C@H]2OCc2cccnc2)cc1. The maximum Gasteiger partial charge on any atom is 0.124 e. The highest BCUT2D eigenvalue weighted by Crippen LogP contribution is 2.32. The third kappa shape index (κ3) is 8.59. The first kappa shape index (κ1) is 29.7. The molecule has 0 saturated carbocycles. The van der Waals surface area contributed by atoms with Gasteiger partial charge in [0.25, 0.3) is 0 Å². The average Bonchev–Trinajstić information content (AvgIpc) is 3.06. The Hall–Kier alpha value is -3.82. The monoisotopic (exact) mass is 569 g/mol. The van der Waals surface area contributed by atoms with Gasteiger partial charge in [0, 0.05) is 55.8 Å². The second-order valence-electron chi connectivity index (χ2n) is 10.2. The summed E-state index contributed by atoms with van der Waals surface area (Å²) in [4.78, 5) is 8.44. The second kappa shape index (κ2) is 16.0. The van der Waals surface area contributed by atoms with E-state index in [0.29, 0.717) is 33.0 Å². The van der Waals surface area contributed by atoms with Crippen molar-refractivity contribution in [2.45, 2.75) is 44.4 Å². The number of benzene rings is 2. The van der Waals surface area contributed by atoms with E-state index < -0.39 is 0 Å². The van der Waals surface area contributed by atoms with Crippen molar-refractivity contribution >= 4 is 0 Å². The molecular weight excluding hydrogens is 530 g/mol. The molecule has 1 saturated heterocycles. The van der Waals surface area contributed by atoms with Gasteiger partial charge < -0.3 is 29.0 Å². The number of nitrogens with one attached hydrogen (secondary N) is 1. The van der Waals surface area contributed by atoms with Crippen LogP contribution in [0.5, 0.6) is 11.5 Å². The van der Waals surface area contributed by atoms with Crippen LogP contribution in [-0.2, 0) is 34.0 Å². The maximum atomic E-state index is 6.45. The van der Waals surface area contributed by atoms with Crippen LogP contribution in [0.1, 0.15) is 34.6 Å². The molecule has 8 heteroatoms. The first-order chi connectivity index (χ1) is 20.8. The minimum absolute atomic E-state index is 0.0528. The minimum Gasteiger partial charge on any atom is -0.496 e. The van der Waals surface area contributed by atoms with E-state index in [9.17, 15) is 0 Å². The van der Waals surface area contributed by atoms with Crippen LogP contribution in [0.25, 0.3) is 0 Å². The number of para-hydroxylation sites is 1. The molecule has 0 aliphatic carbocycles. The number of pyridine rings is 2. The van der Waals surface area contributed by atoms with Gasteiger partial charge in [0.2, 0.25) is 0 Å². The Bertz CT molecular complexity index is 1270. The molecule has 8 nitrogen and oxygen atoms in total. The van der Waals surface area contributed by atoms with E-state index >= 15 is 0 Å². The van der Waals surface area contributed by atoms with Crippen molar-refractivity contribution < 1.29 is 23.7 Å². The zero-order valence-corrected chi connectivity index (χ0v) is 24.1. The van der Waals surface area contributed by atoms with Crippen molar-refractivity contribution in [3.63, 3.8) is 0 Å². The maximum absolute atomic E-state index is 6.45. The summed E-state index contributed by atoms with van der Waals surface area (Å²) in [5.74, 6) is 1.73. The Morgan fingerprint density at radius 1 is 0.738 bits per heavy atom. The molecule has 42 heavy (non-hydrogen) atoms. The molecular formula is C34H39N3O5. The van der Waals surface area contributed by atoms with Crippen molar-refractivity contribution in [3.05, 3.63) is 120 Å². The molecule has 2 aromatic heterocycles. The summed E-state index contributed by atoms with van der Waals surface area (Å²) < 4.78 is 30.1. The summed E-state index contributed by atoms with van der Waals surface area (Å²) in [6.45, 7) is 4.17. The van der Waals surface area contributed by atoms with Gasteiger partial charge in [-0.2, -0.15) is 0 Å². The third-order valence-electron chi connectivity index (χ3n) is 7.28. The Morgan fingerprint density at radius 3 is 2.02 bits per heavy atom. The first-order valence-electron chi connectivity index (χ1n) is 14.4. The summed E-state index contributed by atoms with van der Waals surface area (Å²) in [5.41, 5.74) is 4.30. The smallest absolute Gasteiger partial charge is 0.124 e. The van der Waals surface area contributed by atoms with Crippen LogP contribution < -0.4 is 14.8 Å². The highest BCUT2D eigenvalue weighted by Gasteiger charge is 2.36. The molecule has 0 radical (unpaired) electrons. The number of hydrogen-bond acceptors (Lipinski definition) is 8. The molecule has 0 spiro atoms. The van der Waals surface area contributed by atoms with Gasteiger partial charge in [-0.25, -0.2) is 0 Å². The minimum atomic E-state index is -0.0648. The number of piperidine rings is 1. The largest absolute Gasteiger partial charge is 0.496 e. The molecule has 2 aromatic carbocycles. The van der Waals surface area contributed by atoms with Crippen LogP contribution in [0.3, 0.4) is 0 Å². The fourth-order valence-electron chi connectivity index (χ4n) is 5.13. The Labute approximate surface area is 248 Å². The first-order valence-corrected chi connectivity index (χ1v) is 14.4. The van der Waals surface area contributed by atoms with Gasteiger partial charge >= 0.3 is 0 Å². The predicted molar refractivity (Wildman–Crippen MR) is 160 cm³/mol. The fraction of sp³-hybridized carbons (Fsp3) is 0.353. The molecule has 0 amide bonds. The van der Waals surface area contributed by atoms with Crippen molar-refractivity contribution in [2.75, 3.05) is 33.4 Å². The quantitative estimate of drug-likeness (QED) is 0.193. The normalized spacial score (nSPS) is 18.5. The molecule has 1 aliphatic heterocycles. The molecule has 1 N–H and O–H groups in total. The summed E-state index contributed by atoms with van der Waals surface area (Å²) in [7, 11) is 1.67. The van der Waals surface area contributed by atoms with Crippen LogP contribution in [0.15, 0.2) is 97.6 Å².